The number of hydrogen-bond donors (Lipinski definition) is 1. The van der Waals surface area contributed by atoms with Gasteiger partial charge in [-0.2, -0.15) is 0 Å². The van der Waals surface area contributed by atoms with Crippen LogP contribution in [0.15, 0.2) is 18.2 Å². The second kappa shape index (κ2) is 9.70. The van der Waals surface area contributed by atoms with Gasteiger partial charge in [0.25, 0.3) is 5.91 Å². The molecule has 1 atom stereocenters. The van der Waals surface area contributed by atoms with E-state index in [1.54, 1.807) is 28.9 Å². The molecule has 8 heteroatoms. The first kappa shape index (κ1) is 21.3. The standard InChI is InChI=1S/C17H24FN3O3.ClH/c1-12-3-4-13(9-15(12)18)17(23)21-7-5-20(6-8-21)16(22)10-14(11-19)24-2;/h3-4,9,14H,5-8,10-11,19H2,1-2H3;1H. The Balaban J connectivity index is 0.00000312. The van der Waals surface area contributed by atoms with Crippen LogP contribution in [0.2, 0.25) is 0 Å². The molecular formula is C17H25ClFN3O3. The third-order valence-electron chi connectivity index (χ3n) is 4.34. The van der Waals surface area contributed by atoms with Gasteiger partial charge in [-0.1, -0.05) is 6.07 Å². The average Bonchev–Trinajstić information content (AvgIpc) is 2.61. The Kier molecular flexibility index (Phi) is 8.28. The zero-order valence-corrected chi connectivity index (χ0v) is 15.4. The molecule has 0 spiro atoms. The lowest BCUT2D eigenvalue weighted by molar-refractivity contribution is -0.135. The topological polar surface area (TPSA) is 75.9 Å². The number of aryl methyl sites for hydroxylation is 1. The van der Waals surface area contributed by atoms with Crippen molar-refractivity contribution in [3.05, 3.63) is 35.1 Å². The van der Waals surface area contributed by atoms with Gasteiger partial charge < -0.3 is 20.3 Å². The predicted octanol–water partition coefficient (Wildman–Crippen LogP) is 1.20. The van der Waals surface area contributed by atoms with Crippen LogP contribution in [0.1, 0.15) is 22.3 Å². The van der Waals surface area contributed by atoms with E-state index in [0.29, 0.717) is 43.9 Å². The predicted molar refractivity (Wildman–Crippen MR) is 95.3 cm³/mol. The summed E-state index contributed by atoms with van der Waals surface area (Å²) in [4.78, 5) is 28.0. The molecule has 0 aromatic heterocycles. The highest BCUT2D eigenvalue weighted by Crippen LogP contribution is 2.14. The second-order valence-corrected chi connectivity index (χ2v) is 5.93. The Hall–Kier alpha value is -1.70. The zero-order chi connectivity index (χ0) is 17.7. The van der Waals surface area contributed by atoms with E-state index >= 15 is 0 Å². The van der Waals surface area contributed by atoms with Gasteiger partial charge in [0, 0.05) is 45.4 Å². The Morgan fingerprint density at radius 2 is 1.84 bits per heavy atom. The van der Waals surface area contributed by atoms with Gasteiger partial charge in [-0.05, 0) is 24.6 Å². The van der Waals surface area contributed by atoms with Crippen molar-refractivity contribution in [3.63, 3.8) is 0 Å². The fourth-order valence-electron chi connectivity index (χ4n) is 2.65. The number of carbonyl (C=O) groups is 2. The highest BCUT2D eigenvalue weighted by molar-refractivity contribution is 5.94. The van der Waals surface area contributed by atoms with E-state index in [1.807, 2.05) is 0 Å². The molecule has 6 nitrogen and oxygen atoms in total. The summed E-state index contributed by atoms with van der Waals surface area (Å²) in [6.07, 6.45) is -0.0443. The summed E-state index contributed by atoms with van der Waals surface area (Å²) in [7, 11) is 1.53. The van der Waals surface area contributed by atoms with E-state index in [4.69, 9.17) is 10.5 Å². The van der Waals surface area contributed by atoms with Gasteiger partial charge >= 0.3 is 0 Å². The van der Waals surface area contributed by atoms with Crippen molar-refractivity contribution in [2.75, 3.05) is 39.8 Å². The lowest BCUT2D eigenvalue weighted by atomic mass is 10.1. The third-order valence-corrected chi connectivity index (χ3v) is 4.34. The molecule has 2 rings (SSSR count). The Morgan fingerprint density at radius 3 is 2.36 bits per heavy atom. The molecule has 2 N–H and O–H groups in total. The third kappa shape index (κ3) is 5.39. The van der Waals surface area contributed by atoms with Crippen LogP contribution in [0.3, 0.4) is 0 Å². The quantitative estimate of drug-likeness (QED) is 0.841. The lowest BCUT2D eigenvalue weighted by Crippen LogP contribution is -2.51. The number of nitrogens with zero attached hydrogens (tertiary/aromatic N) is 2. The van der Waals surface area contributed by atoms with E-state index in [2.05, 4.69) is 0 Å². The summed E-state index contributed by atoms with van der Waals surface area (Å²) >= 11 is 0. The number of halogens is 2. The maximum atomic E-state index is 13.6. The molecule has 1 aliphatic rings. The summed E-state index contributed by atoms with van der Waals surface area (Å²) in [6.45, 7) is 3.73. The SMILES string of the molecule is COC(CN)CC(=O)N1CCN(C(=O)c2ccc(C)c(F)c2)CC1.Cl. The molecule has 0 radical (unpaired) electrons. The summed E-state index contributed by atoms with van der Waals surface area (Å²) in [5.74, 6) is -0.624. The first-order valence-corrected chi connectivity index (χ1v) is 8.02. The first-order valence-electron chi connectivity index (χ1n) is 8.02. The van der Waals surface area contributed by atoms with Crippen molar-refractivity contribution < 1.29 is 18.7 Å². The van der Waals surface area contributed by atoms with E-state index in [0.717, 1.165) is 0 Å². The van der Waals surface area contributed by atoms with Crippen LogP contribution >= 0.6 is 12.4 Å². The van der Waals surface area contributed by atoms with Crippen molar-refractivity contribution in [1.82, 2.24) is 9.80 Å². The van der Waals surface area contributed by atoms with E-state index in [9.17, 15) is 14.0 Å². The van der Waals surface area contributed by atoms with Crippen LogP contribution in [-0.4, -0.2) is 67.6 Å². The largest absolute Gasteiger partial charge is 0.380 e. The molecule has 140 valence electrons. The minimum Gasteiger partial charge on any atom is -0.380 e. The summed E-state index contributed by atoms with van der Waals surface area (Å²) < 4.78 is 18.7. The van der Waals surface area contributed by atoms with Gasteiger partial charge in [-0.15, -0.1) is 12.4 Å². The molecule has 2 amide bonds. The van der Waals surface area contributed by atoms with Gasteiger partial charge in [0.05, 0.1) is 12.5 Å². The van der Waals surface area contributed by atoms with Crippen LogP contribution in [-0.2, 0) is 9.53 Å². The van der Waals surface area contributed by atoms with Crippen LogP contribution in [0.4, 0.5) is 4.39 Å². The fraction of sp³-hybridized carbons (Fsp3) is 0.529. The molecule has 25 heavy (non-hydrogen) atoms. The molecule has 0 aliphatic carbocycles. The average molecular weight is 374 g/mol. The van der Waals surface area contributed by atoms with E-state index < -0.39 is 0 Å². The van der Waals surface area contributed by atoms with Gasteiger partial charge in [-0.3, -0.25) is 9.59 Å². The minimum absolute atomic E-state index is 0. The lowest BCUT2D eigenvalue weighted by Gasteiger charge is -2.35. The smallest absolute Gasteiger partial charge is 0.254 e. The number of piperazine rings is 1. The van der Waals surface area contributed by atoms with Crippen LogP contribution in [0.5, 0.6) is 0 Å². The molecule has 1 unspecified atom stereocenters. The Labute approximate surface area is 153 Å². The normalized spacial score (nSPS) is 15.5. The number of benzene rings is 1. The Bertz CT molecular complexity index is 603. The number of hydrogen-bond acceptors (Lipinski definition) is 4. The van der Waals surface area contributed by atoms with Crippen LogP contribution in [0.25, 0.3) is 0 Å². The molecular weight excluding hydrogens is 349 g/mol. The van der Waals surface area contributed by atoms with Crippen molar-refractivity contribution in [2.24, 2.45) is 5.73 Å². The molecule has 1 aromatic carbocycles. The van der Waals surface area contributed by atoms with Crippen molar-refractivity contribution in [2.45, 2.75) is 19.4 Å². The van der Waals surface area contributed by atoms with E-state index in [1.165, 1.54) is 13.2 Å². The Morgan fingerprint density at radius 1 is 1.24 bits per heavy atom. The monoisotopic (exact) mass is 373 g/mol. The van der Waals surface area contributed by atoms with Crippen molar-refractivity contribution in [3.8, 4) is 0 Å². The van der Waals surface area contributed by atoms with Crippen molar-refractivity contribution >= 4 is 24.2 Å². The van der Waals surface area contributed by atoms with Crippen molar-refractivity contribution in [1.29, 1.82) is 0 Å². The van der Waals surface area contributed by atoms with Gasteiger partial charge in [0.15, 0.2) is 0 Å². The molecule has 1 saturated heterocycles. The number of nitrogens with two attached hydrogens (primary N) is 1. The summed E-state index contributed by atoms with van der Waals surface area (Å²) in [6, 6.07) is 4.49. The molecule has 1 aliphatic heterocycles. The molecule has 1 heterocycles. The molecule has 1 fully saturated rings. The van der Waals surface area contributed by atoms with Crippen LogP contribution in [0, 0.1) is 12.7 Å². The molecule has 0 bridgehead atoms. The number of rotatable bonds is 5. The first-order chi connectivity index (χ1) is 11.5. The number of ether oxygens (including phenoxy) is 1. The number of carbonyl (C=O) groups excluding carboxylic acids is 2. The minimum atomic E-state index is -0.387. The van der Waals surface area contributed by atoms with Gasteiger partial charge in [0.1, 0.15) is 5.82 Å². The van der Waals surface area contributed by atoms with Gasteiger partial charge in [-0.25, -0.2) is 4.39 Å². The number of amides is 2. The fourth-order valence-corrected chi connectivity index (χ4v) is 2.65. The highest BCUT2D eigenvalue weighted by atomic mass is 35.5. The van der Waals surface area contributed by atoms with Crippen LogP contribution < -0.4 is 5.73 Å². The van der Waals surface area contributed by atoms with E-state index in [-0.39, 0.29) is 42.6 Å². The maximum Gasteiger partial charge on any atom is 0.254 e. The summed E-state index contributed by atoms with van der Waals surface area (Å²) in [5.41, 5.74) is 6.37. The maximum absolute atomic E-state index is 13.6. The molecule has 0 saturated carbocycles. The molecule has 1 aromatic rings. The summed E-state index contributed by atoms with van der Waals surface area (Å²) in [5, 5.41) is 0. The highest BCUT2D eigenvalue weighted by Gasteiger charge is 2.26. The second-order valence-electron chi connectivity index (χ2n) is 5.93. The zero-order valence-electron chi connectivity index (χ0n) is 14.5. The number of methoxy groups -OCH3 is 1. The van der Waals surface area contributed by atoms with Gasteiger partial charge in [0.2, 0.25) is 5.91 Å².